The zero-order valence-corrected chi connectivity index (χ0v) is 8.75. The predicted octanol–water partition coefficient (Wildman–Crippen LogP) is 0.00230. The van der Waals surface area contributed by atoms with Crippen LogP contribution in [0.3, 0.4) is 0 Å². The van der Waals surface area contributed by atoms with Gasteiger partial charge in [0, 0.05) is 5.70 Å². The molecule has 2 rings (SSSR count). The molecular weight excluding hydrogens is 210 g/mol. The second kappa shape index (κ2) is 3.80. The van der Waals surface area contributed by atoms with Crippen LogP contribution in [0.4, 0.5) is 0 Å². The van der Waals surface area contributed by atoms with E-state index in [1.165, 1.54) is 0 Å². The van der Waals surface area contributed by atoms with E-state index in [2.05, 4.69) is 5.10 Å². The summed E-state index contributed by atoms with van der Waals surface area (Å²) < 4.78 is 0. The molecule has 0 spiro atoms. The minimum atomic E-state index is -1.07. The fraction of sp³-hybridized carbons (Fsp3) is 0.300. The summed E-state index contributed by atoms with van der Waals surface area (Å²) in [5.74, 6) is -0.784. The van der Waals surface area contributed by atoms with Crippen molar-refractivity contribution in [3.63, 3.8) is 0 Å². The summed E-state index contributed by atoms with van der Waals surface area (Å²) in [5.41, 5.74) is 0.921. The van der Waals surface area contributed by atoms with Crippen molar-refractivity contribution in [1.29, 1.82) is 0 Å². The first kappa shape index (κ1) is 10.4. The quantitative estimate of drug-likeness (QED) is 0.712. The van der Waals surface area contributed by atoms with Crippen LogP contribution in [0.15, 0.2) is 29.0 Å². The van der Waals surface area contributed by atoms with Gasteiger partial charge >= 0.3 is 5.97 Å². The van der Waals surface area contributed by atoms with Crippen LogP contribution >= 0.6 is 0 Å². The van der Waals surface area contributed by atoms with Gasteiger partial charge in [0.2, 0.25) is 0 Å². The number of hydrogen-bond donors (Lipinski definition) is 1. The fourth-order valence-corrected chi connectivity index (χ4v) is 1.58. The highest BCUT2D eigenvalue weighted by molar-refractivity contribution is 6.01. The van der Waals surface area contributed by atoms with Crippen LogP contribution in [0, 0.1) is 0 Å². The topological polar surface area (TPSA) is 73.2 Å². The highest BCUT2D eigenvalue weighted by atomic mass is 16.4. The molecule has 1 amide bonds. The molecule has 1 N–H and O–H groups in total. The molecule has 2 heterocycles. The van der Waals surface area contributed by atoms with Crippen molar-refractivity contribution in [1.82, 2.24) is 9.91 Å². The van der Waals surface area contributed by atoms with Crippen LogP contribution in [0.5, 0.6) is 0 Å². The van der Waals surface area contributed by atoms with E-state index in [4.69, 9.17) is 5.11 Å². The number of fused-ring (bicyclic) bond motifs is 1. The maximum atomic E-state index is 11.6. The van der Waals surface area contributed by atoms with Gasteiger partial charge in [0.25, 0.3) is 5.91 Å². The molecule has 0 unspecified atom stereocenters. The van der Waals surface area contributed by atoms with Gasteiger partial charge in [-0.05, 0) is 19.1 Å². The summed E-state index contributed by atoms with van der Waals surface area (Å²) in [7, 11) is 0. The lowest BCUT2D eigenvalue weighted by Crippen LogP contribution is -2.47. The van der Waals surface area contributed by atoms with Crippen molar-refractivity contribution in [3.05, 3.63) is 23.9 Å². The summed E-state index contributed by atoms with van der Waals surface area (Å²) in [4.78, 5) is 23.9. The van der Waals surface area contributed by atoms with Gasteiger partial charge in [-0.1, -0.05) is 6.08 Å². The second-order valence-corrected chi connectivity index (χ2v) is 3.56. The molecule has 6 heteroatoms. The van der Waals surface area contributed by atoms with Gasteiger partial charge in [0.05, 0.1) is 0 Å². The van der Waals surface area contributed by atoms with Crippen LogP contribution in [0.25, 0.3) is 0 Å². The molecule has 0 fully saturated rings. The molecule has 0 aromatic carbocycles. The molecule has 0 aliphatic carbocycles. The number of amides is 1. The van der Waals surface area contributed by atoms with E-state index in [9.17, 15) is 9.59 Å². The van der Waals surface area contributed by atoms with Crippen LogP contribution in [0.2, 0.25) is 0 Å². The second-order valence-electron chi connectivity index (χ2n) is 3.56. The Hall–Kier alpha value is -2.11. The third-order valence-electron chi connectivity index (χ3n) is 2.37. The molecule has 6 nitrogen and oxygen atoms in total. The Morgan fingerprint density at radius 3 is 3.06 bits per heavy atom. The molecular formula is C10H11N3O3. The zero-order valence-electron chi connectivity index (χ0n) is 8.75. The lowest BCUT2D eigenvalue weighted by Gasteiger charge is -2.33. The Bertz CT molecular complexity index is 437. The number of allylic oxidation sites excluding steroid dienone is 3. The van der Waals surface area contributed by atoms with Gasteiger partial charge in [-0.25, -0.2) is 5.01 Å². The van der Waals surface area contributed by atoms with Crippen LogP contribution < -0.4 is 0 Å². The Kier molecular flexibility index (Phi) is 2.47. The molecule has 0 bridgehead atoms. The maximum absolute atomic E-state index is 11.6. The van der Waals surface area contributed by atoms with E-state index in [0.29, 0.717) is 5.84 Å². The number of carbonyl (C=O) groups is 2. The number of hydrogen-bond acceptors (Lipinski definition) is 4. The lowest BCUT2D eigenvalue weighted by atomic mass is 10.2. The summed E-state index contributed by atoms with van der Waals surface area (Å²) in [6, 6.07) is 0. The van der Waals surface area contributed by atoms with E-state index >= 15 is 0 Å². The Morgan fingerprint density at radius 2 is 2.38 bits per heavy atom. The summed E-state index contributed by atoms with van der Waals surface area (Å²) in [6.07, 6.45) is 5.44. The fourth-order valence-electron chi connectivity index (χ4n) is 1.58. The smallest absolute Gasteiger partial charge is 0.325 e. The third kappa shape index (κ3) is 1.81. The number of carboxylic acids is 1. The van der Waals surface area contributed by atoms with Crippen molar-refractivity contribution in [2.75, 3.05) is 13.1 Å². The summed E-state index contributed by atoms with van der Waals surface area (Å²) in [6.45, 7) is 1.62. The molecule has 0 aromatic rings. The molecule has 0 atom stereocenters. The van der Waals surface area contributed by atoms with Crippen molar-refractivity contribution < 1.29 is 14.7 Å². The highest BCUT2D eigenvalue weighted by Crippen LogP contribution is 2.16. The number of nitrogens with zero attached hydrogens (tertiary/aromatic N) is 3. The van der Waals surface area contributed by atoms with Gasteiger partial charge in [0.15, 0.2) is 5.84 Å². The first-order chi connectivity index (χ1) is 7.58. The Labute approximate surface area is 92.1 Å². The molecule has 2 aliphatic heterocycles. The molecule has 2 aliphatic rings. The average Bonchev–Trinajstić information content (AvgIpc) is 2.20. The largest absolute Gasteiger partial charge is 0.480 e. The van der Waals surface area contributed by atoms with Gasteiger partial charge in [0.1, 0.15) is 13.1 Å². The van der Waals surface area contributed by atoms with Gasteiger partial charge in [-0.15, -0.1) is 0 Å². The van der Waals surface area contributed by atoms with Gasteiger partial charge < -0.3 is 10.0 Å². The number of carboxylic acid groups (broad SMARTS) is 1. The average molecular weight is 221 g/mol. The number of hydrazone groups is 1. The van der Waals surface area contributed by atoms with Gasteiger partial charge in [-0.2, -0.15) is 5.10 Å². The number of aliphatic carboxylic acids is 1. The number of carbonyl (C=O) groups excluding carboxylic acids is 1. The number of rotatable bonds is 2. The van der Waals surface area contributed by atoms with E-state index in [-0.39, 0.29) is 12.5 Å². The molecule has 84 valence electrons. The minimum Gasteiger partial charge on any atom is -0.480 e. The molecule has 0 saturated carbocycles. The third-order valence-corrected chi connectivity index (χ3v) is 2.37. The highest BCUT2D eigenvalue weighted by Gasteiger charge is 2.28. The van der Waals surface area contributed by atoms with Crippen molar-refractivity contribution in [2.24, 2.45) is 5.10 Å². The molecule has 16 heavy (non-hydrogen) atoms. The van der Waals surface area contributed by atoms with Crippen LogP contribution in [-0.4, -0.2) is 45.8 Å². The monoisotopic (exact) mass is 221 g/mol. The first-order valence-electron chi connectivity index (χ1n) is 4.81. The Morgan fingerprint density at radius 1 is 1.62 bits per heavy atom. The molecule has 0 saturated heterocycles. The summed E-state index contributed by atoms with van der Waals surface area (Å²) >= 11 is 0. The number of amidine groups is 1. The normalized spacial score (nSPS) is 19.2. The zero-order chi connectivity index (χ0) is 11.7. The van der Waals surface area contributed by atoms with Crippen LogP contribution in [-0.2, 0) is 9.59 Å². The van der Waals surface area contributed by atoms with Crippen molar-refractivity contribution >= 4 is 17.7 Å². The van der Waals surface area contributed by atoms with Gasteiger partial charge in [-0.3, -0.25) is 9.59 Å². The lowest BCUT2D eigenvalue weighted by molar-refractivity contribution is -0.145. The predicted molar refractivity (Wildman–Crippen MR) is 56.4 cm³/mol. The summed E-state index contributed by atoms with van der Waals surface area (Å²) in [5, 5.41) is 13.6. The van der Waals surface area contributed by atoms with E-state index in [0.717, 1.165) is 10.7 Å². The SMILES string of the molecule is CC1=CC=CC2=NN(CC(=O)O)C(=O)CN12. The van der Waals surface area contributed by atoms with Crippen molar-refractivity contribution in [3.8, 4) is 0 Å². The van der Waals surface area contributed by atoms with E-state index < -0.39 is 12.5 Å². The first-order valence-corrected chi connectivity index (χ1v) is 4.81. The maximum Gasteiger partial charge on any atom is 0.325 e. The van der Waals surface area contributed by atoms with E-state index in [1.54, 1.807) is 11.0 Å². The molecule has 0 radical (unpaired) electrons. The standard InChI is InChI=1S/C10H11N3O3/c1-7-3-2-4-8-11-13(6-10(15)16)9(14)5-12(7)8/h2-4H,5-6H2,1H3,(H,15,16). The Balaban J connectivity index is 2.26. The minimum absolute atomic E-state index is 0.138. The van der Waals surface area contributed by atoms with E-state index in [1.807, 2.05) is 19.1 Å². The van der Waals surface area contributed by atoms with Crippen LogP contribution in [0.1, 0.15) is 6.92 Å². The van der Waals surface area contributed by atoms with Crippen molar-refractivity contribution in [2.45, 2.75) is 6.92 Å². The molecule has 0 aromatic heterocycles.